The van der Waals surface area contributed by atoms with Gasteiger partial charge in [-0.15, -0.1) is 0 Å². The predicted molar refractivity (Wildman–Crippen MR) is 136 cm³/mol. The van der Waals surface area contributed by atoms with Gasteiger partial charge in [0.15, 0.2) is 11.5 Å². The van der Waals surface area contributed by atoms with Crippen LogP contribution in [0.2, 0.25) is 0 Å². The molecule has 0 bridgehead atoms. The van der Waals surface area contributed by atoms with Gasteiger partial charge in [-0.2, -0.15) is 10.1 Å². The van der Waals surface area contributed by atoms with Crippen molar-refractivity contribution in [2.45, 2.75) is 19.1 Å². The largest absolute Gasteiger partial charge is 0.494 e. The predicted octanol–water partition coefficient (Wildman–Crippen LogP) is 5.25. The maximum absolute atomic E-state index is 6.68. The molecular weight excluding hydrogens is 456 g/mol. The van der Waals surface area contributed by atoms with Crippen molar-refractivity contribution in [1.82, 2.24) is 14.8 Å². The molecule has 2 aliphatic heterocycles. The van der Waals surface area contributed by atoms with Crippen LogP contribution in [0.4, 0.5) is 5.95 Å². The Hall–Kier alpha value is -4.46. The first-order valence-corrected chi connectivity index (χ1v) is 11.8. The zero-order valence-corrected chi connectivity index (χ0v) is 20.3. The van der Waals surface area contributed by atoms with Crippen LogP contribution in [0.3, 0.4) is 0 Å². The molecule has 1 aromatic heterocycles. The van der Waals surface area contributed by atoms with Gasteiger partial charge < -0.3 is 24.3 Å². The molecule has 3 aromatic carbocycles. The van der Waals surface area contributed by atoms with E-state index in [0.29, 0.717) is 24.1 Å². The monoisotopic (exact) mass is 482 g/mol. The van der Waals surface area contributed by atoms with Gasteiger partial charge in [0.05, 0.1) is 26.5 Å². The van der Waals surface area contributed by atoms with Crippen molar-refractivity contribution >= 4 is 11.6 Å². The minimum atomic E-state index is -0.367. The Morgan fingerprint density at radius 2 is 1.72 bits per heavy atom. The number of ether oxygens (including phenoxy) is 4. The van der Waals surface area contributed by atoms with Crippen LogP contribution in [0, 0.1) is 0 Å². The second-order valence-corrected chi connectivity index (χ2v) is 8.50. The van der Waals surface area contributed by atoms with E-state index in [2.05, 4.69) is 33.6 Å². The molecule has 8 nitrogen and oxygen atoms in total. The number of para-hydroxylation sites is 1. The maximum Gasteiger partial charge on any atom is 0.226 e. The number of fused-ring (bicyclic) bond motifs is 3. The number of hydrogen-bond acceptors (Lipinski definition) is 7. The van der Waals surface area contributed by atoms with Gasteiger partial charge in [0.1, 0.15) is 30.0 Å². The number of nitrogens with zero attached hydrogens (tertiary/aromatic N) is 3. The van der Waals surface area contributed by atoms with Gasteiger partial charge in [0.2, 0.25) is 5.95 Å². The van der Waals surface area contributed by atoms with Crippen LogP contribution in [0.5, 0.6) is 23.0 Å². The van der Waals surface area contributed by atoms with Gasteiger partial charge >= 0.3 is 0 Å². The summed E-state index contributed by atoms with van der Waals surface area (Å²) in [5.41, 5.74) is 4.97. The minimum Gasteiger partial charge on any atom is -0.494 e. The molecule has 3 heterocycles. The average molecular weight is 483 g/mol. The number of rotatable bonds is 6. The lowest BCUT2D eigenvalue weighted by molar-refractivity contribution is 0.222. The van der Waals surface area contributed by atoms with Crippen molar-refractivity contribution < 1.29 is 18.9 Å². The summed E-state index contributed by atoms with van der Waals surface area (Å²) in [6.07, 6.45) is 1.20. The van der Waals surface area contributed by atoms with Gasteiger partial charge in [-0.25, -0.2) is 4.68 Å². The summed E-state index contributed by atoms with van der Waals surface area (Å²) in [5, 5.41) is 8.11. The molecule has 0 amide bonds. The fourth-order valence-electron chi connectivity index (χ4n) is 4.94. The Bertz CT molecular complexity index is 1440. The number of nitrogens with one attached hydrogen (secondary N) is 1. The average Bonchev–Trinajstić information content (AvgIpc) is 3.40. The standard InChI is InChI=1S/C28H26N4O4/c1-4-35-19-12-9-17(10-13-19)27-24-25(20-7-5-6-8-21(20)36-27)31-28-29-16-30-32(28)26(24)18-11-14-22(33-2)23(15-18)34-3/h5-16,26-27H,4H2,1-3H3,(H,29,30,31)/t26-,27-/m0/s1. The van der Waals surface area contributed by atoms with E-state index in [0.717, 1.165) is 39.5 Å². The Labute approximate surface area is 209 Å². The number of benzene rings is 3. The first kappa shape index (κ1) is 22.0. The van der Waals surface area contributed by atoms with Crippen LogP contribution in [-0.4, -0.2) is 35.6 Å². The maximum atomic E-state index is 6.68. The van der Waals surface area contributed by atoms with Crippen LogP contribution in [0.15, 0.2) is 78.6 Å². The highest BCUT2D eigenvalue weighted by molar-refractivity contribution is 5.85. The van der Waals surface area contributed by atoms with Crippen molar-refractivity contribution in [2.75, 3.05) is 26.1 Å². The van der Waals surface area contributed by atoms with E-state index in [1.165, 1.54) is 0 Å². The molecule has 4 aromatic rings. The quantitative estimate of drug-likeness (QED) is 0.402. The lowest BCUT2D eigenvalue weighted by Gasteiger charge is -2.39. The molecule has 0 fully saturated rings. The number of anilines is 1. The summed E-state index contributed by atoms with van der Waals surface area (Å²) in [5.74, 6) is 3.60. The normalized spacial score (nSPS) is 17.8. The lowest BCUT2D eigenvalue weighted by atomic mass is 9.84. The molecule has 0 spiro atoms. The van der Waals surface area contributed by atoms with Gasteiger partial charge in [0, 0.05) is 11.1 Å². The van der Waals surface area contributed by atoms with Crippen molar-refractivity contribution in [2.24, 2.45) is 0 Å². The molecule has 0 unspecified atom stereocenters. The minimum absolute atomic E-state index is 0.288. The summed E-state index contributed by atoms with van der Waals surface area (Å²) in [7, 11) is 3.27. The second kappa shape index (κ2) is 8.96. The van der Waals surface area contributed by atoms with Crippen LogP contribution < -0.4 is 24.3 Å². The molecule has 8 heteroatoms. The Kier molecular flexibility index (Phi) is 5.48. The molecule has 182 valence electrons. The Morgan fingerprint density at radius 1 is 0.944 bits per heavy atom. The van der Waals surface area contributed by atoms with Gasteiger partial charge in [0.25, 0.3) is 0 Å². The van der Waals surface area contributed by atoms with Gasteiger partial charge in [-0.05, 0) is 54.4 Å². The third kappa shape index (κ3) is 3.53. The topological polar surface area (TPSA) is 79.7 Å². The Morgan fingerprint density at radius 3 is 2.50 bits per heavy atom. The first-order valence-electron chi connectivity index (χ1n) is 11.8. The van der Waals surface area contributed by atoms with E-state index in [1.54, 1.807) is 20.5 Å². The van der Waals surface area contributed by atoms with E-state index < -0.39 is 0 Å². The van der Waals surface area contributed by atoms with Crippen LogP contribution in [0.25, 0.3) is 5.70 Å². The van der Waals surface area contributed by atoms with Crippen LogP contribution >= 0.6 is 0 Å². The summed E-state index contributed by atoms with van der Waals surface area (Å²) < 4.78 is 25.4. The molecule has 2 atom stereocenters. The molecule has 0 radical (unpaired) electrons. The first-order chi connectivity index (χ1) is 17.7. The zero-order chi connectivity index (χ0) is 24.6. The van der Waals surface area contributed by atoms with Crippen LogP contribution in [0.1, 0.15) is 35.8 Å². The summed E-state index contributed by atoms with van der Waals surface area (Å²) in [4.78, 5) is 4.50. The molecule has 6 rings (SSSR count). The smallest absolute Gasteiger partial charge is 0.226 e. The SMILES string of the molecule is CCOc1ccc([C@@H]2Oc3ccccc3C3=C2[C@H](c2ccc(OC)c(OC)c2)n2ncnc2N3)cc1. The molecule has 0 saturated heterocycles. The van der Waals surface area contributed by atoms with E-state index in [-0.39, 0.29) is 12.1 Å². The molecule has 0 saturated carbocycles. The molecule has 1 N–H and O–H groups in total. The number of hydrogen-bond donors (Lipinski definition) is 1. The molecule has 36 heavy (non-hydrogen) atoms. The highest BCUT2D eigenvalue weighted by atomic mass is 16.5. The molecule has 0 aliphatic carbocycles. The summed E-state index contributed by atoms with van der Waals surface area (Å²) in [6.45, 7) is 2.59. The van der Waals surface area contributed by atoms with Crippen molar-refractivity contribution in [3.8, 4) is 23.0 Å². The summed E-state index contributed by atoms with van der Waals surface area (Å²) >= 11 is 0. The third-order valence-corrected chi connectivity index (χ3v) is 6.54. The van der Waals surface area contributed by atoms with Gasteiger partial charge in [-0.3, -0.25) is 0 Å². The second-order valence-electron chi connectivity index (χ2n) is 8.50. The van der Waals surface area contributed by atoms with E-state index in [9.17, 15) is 0 Å². The summed E-state index contributed by atoms with van der Waals surface area (Å²) in [6, 6.07) is 21.7. The molecule has 2 aliphatic rings. The van der Waals surface area contributed by atoms with E-state index in [1.807, 2.05) is 60.1 Å². The van der Waals surface area contributed by atoms with Gasteiger partial charge in [-0.1, -0.05) is 30.3 Å². The van der Waals surface area contributed by atoms with Crippen molar-refractivity contribution in [3.05, 3.63) is 95.3 Å². The van der Waals surface area contributed by atoms with E-state index >= 15 is 0 Å². The highest BCUT2D eigenvalue weighted by Gasteiger charge is 2.41. The number of methoxy groups -OCH3 is 2. The fraction of sp³-hybridized carbons (Fsp3) is 0.214. The van der Waals surface area contributed by atoms with Crippen molar-refractivity contribution in [1.29, 1.82) is 0 Å². The Balaban J connectivity index is 1.57. The zero-order valence-electron chi connectivity index (χ0n) is 20.3. The molecular formula is C28H26N4O4. The lowest BCUT2D eigenvalue weighted by Crippen LogP contribution is -2.32. The van der Waals surface area contributed by atoms with E-state index in [4.69, 9.17) is 18.9 Å². The fourth-order valence-corrected chi connectivity index (χ4v) is 4.94. The van der Waals surface area contributed by atoms with Crippen LogP contribution in [-0.2, 0) is 0 Å². The highest BCUT2D eigenvalue weighted by Crippen LogP contribution is 2.51. The third-order valence-electron chi connectivity index (χ3n) is 6.54. The number of aromatic nitrogens is 3. The van der Waals surface area contributed by atoms with Crippen molar-refractivity contribution in [3.63, 3.8) is 0 Å².